The molecule has 0 saturated carbocycles. The third-order valence-corrected chi connectivity index (χ3v) is 3.37. The van der Waals surface area contributed by atoms with Gasteiger partial charge < -0.3 is 10.2 Å². The van der Waals surface area contributed by atoms with E-state index in [2.05, 4.69) is 5.32 Å². The number of likely N-dealkylation sites (N-methyl/N-ethyl adjacent to an activating group) is 1. The molecule has 0 unspecified atom stereocenters. The van der Waals surface area contributed by atoms with Crippen LogP contribution in [0.2, 0.25) is 0 Å². The number of rotatable bonds is 2. The van der Waals surface area contributed by atoms with Gasteiger partial charge in [-0.15, -0.1) is 0 Å². The van der Waals surface area contributed by atoms with Crippen LogP contribution in [0.4, 0.5) is 5.69 Å². The minimum Gasteiger partial charge on any atom is -0.341 e. The standard InChI is InChI=1S/C14H18N2O2/c1-5-16-13-9(3)7-6-8(2)11(13)12(14(16)18)15-10(4)17/h6-7,12H,5H2,1-4H3,(H,15,17)/t12-/m1/s1. The van der Waals surface area contributed by atoms with E-state index in [1.807, 2.05) is 32.9 Å². The van der Waals surface area contributed by atoms with Gasteiger partial charge in [-0.1, -0.05) is 12.1 Å². The Morgan fingerprint density at radius 2 is 1.94 bits per heavy atom. The number of carbonyl (C=O) groups excluding carboxylic acids is 2. The third kappa shape index (κ3) is 1.78. The van der Waals surface area contributed by atoms with Crippen LogP contribution in [0.3, 0.4) is 0 Å². The number of fused-ring (bicyclic) bond motifs is 1. The van der Waals surface area contributed by atoms with Crippen LogP contribution >= 0.6 is 0 Å². The number of anilines is 1. The van der Waals surface area contributed by atoms with Crippen molar-refractivity contribution in [3.05, 3.63) is 28.8 Å². The van der Waals surface area contributed by atoms with Gasteiger partial charge in [0.25, 0.3) is 5.91 Å². The molecule has 0 aromatic heterocycles. The number of hydrogen-bond donors (Lipinski definition) is 1. The normalized spacial score (nSPS) is 17.9. The van der Waals surface area contributed by atoms with E-state index < -0.39 is 6.04 Å². The number of amides is 2. The van der Waals surface area contributed by atoms with Gasteiger partial charge >= 0.3 is 0 Å². The van der Waals surface area contributed by atoms with Crippen molar-refractivity contribution in [2.45, 2.75) is 33.7 Å². The zero-order valence-corrected chi connectivity index (χ0v) is 11.2. The smallest absolute Gasteiger partial charge is 0.254 e. The Bertz CT molecular complexity index is 523. The highest BCUT2D eigenvalue weighted by Gasteiger charge is 2.38. The molecule has 96 valence electrons. The van der Waals surface area contributed by atoms with Gasteiger partial charge in [-0.05, 0) is 31.9 Å². The van der Waals surface area contributed by atoms with E-state index in [1.165, 1.54) is 6.92 Å². The van der Waals surface area contributed by atoms with Gasteiger partial charge in [0.05, 0.1) is 5.69 Å². The molecule has 1 aromatic carbocycles. The summed E-state index contributed by atoms with van der Waals surface area (Å²) in [6, 6.07) is 3.48. The molecular weight excluding hydrogens is 228 g/mol. The lowest BCUT2D eigenvalue weighted by molar-refractivity contribution is -0.126. The Balaban J connectivity index is 2.60. The van der Waals surface area contributed by atoms with Gasteiger partial charge in [0.15, 0.2) is 0 Å². The van der Waals surface area contributed by atoms with Crippen molar-refractivity contribution in [3.63, 3.8) is 0 Å². The van der Waals surface area contributed by atoms with Gasteiger partial charge in [0, 0.05) is 19.0 Å². The SMILES string of the molecule is CCN1C(=O)[C@H](NC(C)=O)c2c(C)ccc(C)c21. The van der Waals surface area contributed by atoms with Crippen molar-refractivity contribution in [3.8, 4) is 0 Å². The second-order valence-electron chi connectivity index (χ2n) is 4.68. The predicted octanol–water partition coefficient (Wildman–Crippen LogP) is 1.85. The highest BCUT2D eigenvalue weighted by atomic mass is 16.2. The summed E-state index contributed by atoms with van der Waals surface area (Å²) in [5.74, 6) is -0.224. The van der Waals surface area contributed by atoms with E-state index in [1.54, 1.807) is 4.90 Å². The lowest BCUT2D eigenvalue weighted by atomic mass is 9.99. The molecule has 1 aliphatic heterocycles. The zero-order chi connectivity index (χ0) is 13.4. The maximum atomic E-state index is 12.3. The fourth-order valence-electron chi connectivity index (χ4n) is 2.58. The average Bonchev–Trinajstić information content (AvgIpc) is 2.58. The summed E-state index contributed by atoms with van der Waals surface area (Å²) in [6.45, 7) is 7.96. The van der Waals surface area contributed by atoms with E-state index in [-0.39, 0.29) is 11.8 Å². The predicted molar refractivity (Wildman–Crippen MR) is 70.5 cm³/mol. The summed E-state index contributed by atoms with van der Waals surface area (Å²) in [6.07, 6.45) is 0. The molecule has 1 N–H and O–H groups in total. The minimum absolute atomic E-state index is 0.0416. The van der Waals surface area contributed by atoms with E-state index in [0.29, 0.717) is 6.54 Å². The first kappa shape index (κ1) is 12.6. The molecule has 18 heavy (non-hydrogen) atoms. The molecule has 1 heterocycles. The van der Waals surface area contributed by atoms with Crippen molar-refractivity contribution >= 4 is 17.5 Å². The maximum absolute atomic E-state index is 12.3. The Hall–Kier alpha value is -1.84. The summed E-state index contributed by atoms with van der Waals surface area (Å²) in [5, 5.41) is 2.75. The van der Waals surface area contributed by atoms with E-state index in [0.717, 1.165) is 22.4 Å². The van der Waals surface area contributed by atoms with E-state index in [4.69, 9.17) is 0 Å². The highest BCUT2D eigenvalue weighted by Crippen LogP contribution is 2.40. The van der Waals surface area contributed by atoms with Crippen LogP contribution in [0.1, 0.15) is 36.6 Å². The van der Waals surface area contributed by atoms with Gasteiger partial charge in [0.2, 0.25) is 5.91 Å². The Morgan fingerprint density at radius 3 is 2.50 bits per heavy atom. The Kier molecular flexibility index (Phi) is 3.11. The van der Waals surface area contributed by atoms with Gasteiger partial charge in [0.1, 0.15) is 6.04 Å². The first-order chi connectivity index (χ1) is 8.47. The van der Waals surface area contributed by atoms with Crippen molar-refractivity contribution in [2.24, 2.45) is 0 Å². The molecule has 4 nitrogen and oxygen atoms in total. The van der Waals surface area contributed by atoms with Crippen LogP contribution in [-0.4, -0.2) is 18.4 Å². The number of nitrogens with zero attached hydrogens (tertiary/aromatic N) is 1. The maximum Gasteiger partial charge on any atom is 0.254 e. The van der Waals surface area contributed by atoms with Crippen molar-refractivity contribution in [1.29, 1.82) is 0 Å². The van der Waals surface area contributed by atoms with Crippen LogP contribution in [0, 0.1) is 13.8 Å². The topological polar surface area (TPSA) is 49.4 Å². The number of hydrogen-bond acceptors (Lipinski definition) is 2. The second kappa shape index (κ2) is 4.44. The number of carbonyl (C=O) groups is 2. The summed E-state index contributed by atoms with van der Waals surface area (Å²) >= 11 is 0. The number of benzene rings is 1. The molecular formula is C14H18N2O2. The fraction of sp³-hybridized carbons (Fsp3) is 0.429. The monoisotopic (exact) mass is 246 g/mol. The Labute approximate surface area is 107 Å². The van der Waals surface area contributed by atoms with Crippen LogP contribution in [-0.2, 0) is 9.59 Å². The molecule has 2 amide bonds. The summed E-state index contributed by atoms with van der Waals surface area (Å²) in [7, 11) is 0. The average molecular weight is 246 g/mol. The minimum atomic E-state index is -0.530. The lowest BCUT2D eigenvalue weighted by Gasteiger charge is -2.17. The molecule has 1 atom stereocenters. The largest absolute Gasteiger partial charge is 0.341 e. The molecule has 1 aliphatic rings. The van der Waals surface area contributed by atoms with E-state index in [9.17, 15) is 9.59 Å². The van der Waals surface area contributed by atoms with Crippen LogP contribution < -0.4 is 10.2 Å². The second-order valence-corrected chi connectivity index (χ2v) is 4.68. The third-order valence-electron chi connectivity index (χ3n) is 3.37. The van der Waals surface area contributed by atoms with Crippen LogP contribution in [0.25, 0.3) is 0 Å². The first-order valence-corrected chi connectivity index (χ1v) is 6.16. The Morgan fingerprint density at radius 1 is 1.33 bits per heavy atom. The fourth-order valence-corrected chi connectivity index (χ4v) is 2.58. The summed E-state index contributed by atoms with van der Waals surface area (Å²) < 4.78 is 0. The molecule has 0 radical (unpaired) electrons. The van der Waals surface area contributed by atoms with Crippen molar-refractivity contribution in [2.75, 3.05) is 11.4 Å². The first-order valence-electron chi connectivity index (χ1n) is 6.16. The lowest BCUT2D eigenvalue weighted by Crippen LogP contribution is -2.36. The quantitative estimate of drug-likeness (QED) is 0.865. The van der Waals surface area contributed by atoms with Gasteiger partial charge in [-0.25, -0.2) is 0 Å². The molecule has 0 saturated heterocycles. The van der Waals surface area contributed by atoms with E-state index >= 15 is 0 Å². The molecule has 0 bridgehead atoms. The van der Waals surface area contributed by atoms with Gasteiger partial charge in [-0.3, -0.25) is 9.59 Å². The van der Waals surface area contributed by atoms with Crippen molar-refractivity contribution in [1.82, 2.24) is 5.32 Å². The molecule has 4 heteroatoms. The molecule has 2 rings (SSSR count). The molecule has 0 spiro atoms. The number of nitrogens with one attached hydrogen (secondary N) is 1. The van der Waals surface area contributed by atoms with Crippen LogP contribution in [0.15, 0.2) is 12.1 Å². The number of aryl methyl sites for hydroxylation is 2. The molecule has 0 aliphatic carbocycles. The molecule has 0 fully saturated rings. The summed E-state index contributed by atoms with van der Waals surface area (Å²) in [4.78, 5) is 25.4. The zero-order valence-electron chi connectivity index (χ0n) is 11.2. The summed E-state index contributed by atoms with van der Waals surface area (Å²) in [5.41, 5.74) is 4.01. The van der Waals surface area contributed by atoms with Crippen LogP contribution in [0.5, 0.6) is 0 Å². The van der Waals surface area contributed by atoms with Gasteiger partial charge in [-0.2, -0.15) is 0 Å². The van der Waals surface area contributed by atoms with Crippen molar-refractivity contribution < 1.29 is 9.59 Å². The highest BCUT2D eigenvalue weighted by molar-refractivity contribution is 6.07. The molecule has 1 aromatic rings.